The maximum absolute atomic E-state index is 4.68. The summed E-state index contributed by atoms with van der Waals surface area (Å²) in [6, 6.07) is 0. The minimum absolute atomic E-state index is 0.803. The van der Waals surface area contributed by atoms with Crippen LogP contribution in [0.2, 0.25) is 0 Å². The second kappa shape index (κ2) is 6.03. The van der Waals surface area contributed by atoms with E-state index in [0.717, 1.165) is 24.0 Å². The Morgan fingerprint density at radius 3 is 3.26 bits per heavy atom. The lowest BCUT2D eigenvalue weighted by atomic mass is 9.99. The molecule has 0 aliphatic carbocycles. The van der Waals surface area contributed by atoms with Crippen molar-refractivity contribution in [2.45, 2.75) is 26.3 Å². The van der Waals surface area contributed by atoms with Gasteiger partial charge in [0.2, 0.25) is 0 Å². The topological polar surface area (TPSA) is 32.6 Å². The molecule has 0 radical (unpaired) electrons. The summed E-state index contributed by atoms with van der Waals surface area (Å²) in [5, 5.41) is 5.58. The van der Waals surface area contributed by atoms with Crippen LogP contribution in [0, 0.1) is 5.92 Å². The van der Waals surface area contributed by atoms with E-state index in [-0.39, 0.29) is 0 Å². The van der Waals surface area contributed by atoms with Crippen molar-refractivity contribution in [1.82, 2.24) is 19.6 Å². The predicted octanol–water partition coefficient (Wildman–Crippen LogP) is 2.22. The van der Waals surface area contributed by atoms with E-state index in [1.54, 1.807) is 11.3 Å². The van der Waals surface area contributed by atoms with Crippen molar-refractivity contribution in [3.8, 4) is 0 Å². The highest BCUT2D eigenvalue weighted by Crippen LogP contribution is 2.15. The summed E-state index contributed by atoms with van der Waals surface area (Å²) in [5.41, 5.74) is 1.19. The lowest BCUT2D eigenvalue weighted by Gasteiger charge is -2.28. The summed E-state index contributed by atoms with van der Waals surface area (Å²) in [6.07, 6.45) is 6.93. The molecule has 0 amide bonds. The van der Waals surface area contributed by atoms with Crippen molar-refractivity contribution < 1.29 is 0 Å². The maximum Gasteiger partial charge on any atom is 0.193 e. The van der Waals surface area contributed by atoms with E-state index in [1.165, 1.54) is 38.2 Å². The van der Waals surface area contributed by atoms with Crippen molar-refractivity contribution >= 4 is 16.3 Å². The average Bonchev–Trinajstić information content (AvgIpc) is 3.00. The van der Waals surface area contributed by atoms with Crippen LogP contribution < -0.4 is 5.32 Å². The largest absolute Gasteiger partial charge is 0.316 e. The first-order valence-corrected chi connectivity index (χ1v) is 8.07. The molecule has 4 nitrogen and oxygen atoms in total. The summed E-state index contributed by atoms with van der Waals surface area (Å²) in [5.74, 6) is 0.803. The SMILES string of the molecule is CCN(Cc1cn2ccsc2n1)CC1CCCNC1. The molecule has 3 rings (SSSR count). The van der Waals surface area contributed by atoms with Gasteiger partial charge in [-0.3, -0.25) is 9.30 Å². The van der Waals surface area contributed by atoms with Crippen LogP contribution >= 0.6 is 11.3 Å². The highest BCUT2D eigenvalue weighted by atomic mass is 32.1. The Bertz CT molecular complexity index is 484. The molecule has 3 heterocycles. The van der Waals surface area contributed by atoms with Gasteiger partial charge < -0.3 is 5.32 Å². The fourth-order valence-corrected chi connectivity index (χ4v) is 3.55. The first-order valence-electron chi connectivity index (χ1n) is 7.19. The molecule has 1 fully saturated rings. The van der Waals surface area contributed by atoms with Crippen molar-refractivity contribution in [1.29, 1.82) is 0 Å². The number of fused-ring (bicyclic) bond motifs is 1. The minimum Gasteiger partial charge on any atom is -0.316 e. The average molecular weight is 278 g/mol. The van der Waals surface area contributed by atoms with Gasteiger partial charge in [0, 0.05) is 30.9 Å². The molecule has 2 aromatic rings. The number of hydrogen-bond donors (Lipinski definition) is 1. The number of aromatic nitrogens is 2. The van der Waals surface area contributed by atoms with Gasteiger partial charge in [-0.2, -0.15) is 0 Å². The van der Waals surface area contributed by atoms with Crippen LogP contribution in [-0.2, 0) is 6.54 Å². The van der Waals surface area contributed by atoms with Gasteiger partial charge in [0.1, 0.15) is 0 Å². The monoisotopic (exact) mass is 278 g/mol. The van der Waals surface area contributed by atoms with Crippen LogP contribution in [-0.4, -0.2) is 40.5 Å². The van der Waals surface area contributed by atoms with Crippen LogP contribution in [0.3, 0.4) is 0 Å². The Morgan fingerprint density at radius 1 is 1.58 bits per heavy atom. The van der Waals surface area contributed by atoms with Gasteiger partial charge >= 0.3 is 0 Å². The van der Waals surface area contributed by atoms with E-state index < -0.39 is 0 Å². The van der Waals surface area contributed by atoms with E-state index in [1.807, 2.05) is 0 Å². The summed E-state index contributed by atoms with van der Waals surface area (Å²) in [7, 11) is 0. The van der Waals surface area contributed by atoms with E-state index in [9.17, 15) is 0 Å². The summed E-state index contributed by atoms with van der Waals surface area (Å²) < 4.78 is 2.12. The standard InChI is InChI=1S/C14H22N4S/c1-2-17(9-12-4-3-5-15-8-12)10-13-11-18-6-7-19-14(18)16-13/h6-7,11-12,15H,2-5,8-10H2,1H3. The lowest BCUT2D eigenvalue weighted by Crippen LogP contribution is -2.38. The number of thiazole rings is 1. The number of rotatable bonds is 5. The molecule has 104 valence electrons. The molecule has 0 aromatic carbocycles. The quantitative estimate of drug-likeness (QED) is 0.910. The lowest BCUT2D eigenvalue weighted by molar-refractivity contribution is 0.208. The second-order valence-electron chi connectivity index (χ2n) is 5.37. The third-order valence-corrected chi connectivity index (χ3v) is 4.66. The van der Waals surface area contributed by atoms with Crippen molar-refractivity contribution in [2.75, 3.05) is 26.2 Å². The molecule has 1 saturated heterocycles. The van der Waals surface area contributed by atoms with E-state index in [4.69, 9.17) is 0 Å². The highest BCUT2D eigenvalue weighted by molar-refractivity contribution is 7.15. The molecule has 1 unspecified atom stereocenters. The second-order valence-corrected chi connectivity index (χ2v) is 6.24. The van der Waals surface area contributed by atoms with Crippen molar-refractivity contribution in [3.63, 3.8) is 0 Å². The Balaban J connectivity index is 1.60. The molecule has 2 aromatic heterocycles. The van der Waals surface area contributed by atoms with Crippen LogP contribution in [0.25, 0.3) is 4.96 Å². The molecule has 0 saturated carbocycles. The molecule has 1 atom stereocenters. The van der Waals surface area contributed by atoms with Crippen molar-refractivity contribution in [2.24, 2.45) is 5.92 Å². The smallest absolute Gasteiger partial charge is 0.193 e. The third kappa shape index (κ3) is 3.16. The zero-order chi connectivity index (χ0) is 13.1. The van der Waals surface area contributed by atoms with Crippen molar-refractivity contribution in [3.05, 3.63) is 23.5 Å². The van der Waals surface area contributed by atoms with Gasteiger partial charge in [-0.05, 0) is 38.4 Å². The van der Waals surface area contributed by atoms with Gasteiger partial charge in [-0.25, -0.2) is 4.98 Å². The highest BCUT2D eigenvalue weighted by Gasteiger charge is 2.17. The molecule has 0 spiro atoms. The van der Waals surface area contributed by atoms with Crippen LogP contribution in [0.15, 0.2) is 17.8 Å². The number of hydrogen-bond acceptors (Lipinski definition) is 4. The molecule has 1 N–H and O–H groups in total. The van der Waals surface area contributed by atoms with Gasteiger partial charge in [-0.1, -0.05) is 6.92 Å². The normalized spacial score (nSPS) is 20.4. The number of piperidine rings is 1. The Morgan fingerprint density at radius 2 is 2.53 bits per heavy atom. The Labute approximate surface area is 118 Å². The molecule has 1 aliphatic rings. The molecule has 19 heavy (non-hydrogen) atoms. The van der Waals surface area contributed by atoms with Crippen LogP contribution in [0.5, 0.6) is 0 Å². The number of nitrogens with one attached hydrogen (secondary N) is 1. The maximum atomic E-state index is 4.68. The minimum atomic E-state index is 0.803. The first-order chi connectivity index (χ1) is 9.35. The van der Waals surface area contributed by atoms with E-state index in [0.29, 0.717) is 0 Å². The first kappa shape index (κ1) is 13.1. The Kier molecular flexibility index (Phi) is 4.15. The zero-order valence-electron chi connectivity index (χ0n) is 11.5. The van der Waals surface area contributed by atoms with Gasteiger partial charge in [-0.15, -0.1) is 11.3 Å². The molecule has 0 bridgehead atoms. The summed E-state index contributed by atoms with van der Waals surface area (Å²) in [4.78, 5) is 8.30. The fraction of sp³-hybridized carbons (Fsp3) is 0.643. The van der Waals surface area contributed by atoms with Gasteiger partial charge in [0.15, 0.2) is 4.96 Å². The fourth-order valence-electron chi connectivity index (χ4n) is 2.83. The van der Waals surface area contributed by atoms with E-state index in [2.05, 4.69) is 44.3 Å². The number of nitrogens with zero attached hydrogens (tertiary/aromatic N) is 3. The van der Waals surface area contributed by atoms with Gasteiger partial charge in [0.05, 0.1) is 5.69 Å². The van der Waals surface area contributed by atoms with Gasteiger partial charge in [0.25, 0.3) is 0 Å². The third-order valence-electron chi connectivity index (χ3n) is 3.89. The van der Waals surface area contributed by atoms with Crippen LogP contribution in [0.4, 0.5) is 0 Å². The molecule has 5 heteroatoms. The predicted molar refractivity (Wildman–Crippen MR) is 79.6 cm³/mol. The van der Waals surface area contributed by atoms with Crippen LogP contribution in [0.1, 0.15) is 25.5 Å². The summed E-state index contributed by atoms with van der Waals surface area (Å²) >= 11 is 1.70. The molecule has 1 aliphatic heterocycles. The zero-order valence-corrected chi connectivity index (χ0v) is 12.3. The van der Waals surface area contributed by atoms with E-state index >= 15 is 0 Å². The molecular formula is C14H22N4S. The molecular weight excluding hydrogens is 256 g/mol. The summed E-state index contributed by atoms with van der Waals surface area (Å²) in [6.45, 7) is 7.88. The number of imidazole rings is 1. The Hall–Kier alpha value is -0.910.